The number of hydrogen-bond acceptors (Lipinski definition) is 5. The fourth-order valence-electron chi connectivity index (χ4n) is 3.32. The van der Waals surface area contributed by atoms with Crippen molar-refractivity contribution in [1.82, 2.24) is 20.2 Å². The minimum atomic E-state index is -0.190. The van der Waals surface area contributed by atoms with E-state index in [1.807, 2.05) is 38.1 Å². The van der Waals surface area contributed by atoms with Crippen molar-refractivity contribution in [1.29, 1.82) is 0 Å². The van der Waals surface area contributed by atoms with Gasteiger partial charge in [-0.15, -0.1) is 0 Å². The first kappa shape index (κ1) is 19.6. The number of nitrogen functional groups attached to an aromatic ring is 1. The van der Waals surface area contributed by atoms with Crippen molar-refractivity contribution in [3.05, 3.63) is 52.3 Å². The van der Waals surface area contributed by atoms with Crippen LogP contribution in [0.1, 0.15) is 54.4 Å². The minimum Gasteiger partial charge on any atom is -0.368 e. The van der Waals surface area contributed by atoms with Crippen molar-refractivity contribution in [2.24, 2.45) is 0 Å². The number of rotatable bonds is 5. The van der Waals surface area contributed by atoms with E-state index >= 15 is 0 Å². The van der Waals surface area contributed by atoms with Gasteiger partial charge in [0.25, 0.3) is 5.91 Å². The molecule has 7 heteroatoms. The number of likely N-dealkylation sites (tertiary alicyclic amines) is 1. The average Bonchev–Trinajstić information content (AvgIpc) is 2.63. The van der Waals surface area contributed by atoms with Crippen molar-refractivity contribution in [2.45, 2.75) is 45.2 Å². The molecule has 1 fully saturated rings. The third-order valence-electron chi connectivity index (χ3n) is 4.75. The molecule has 2 aromatic rings. The summed E-state index contributed by atoms with van der Waals surface area (Å²) in [7, 11) is 0. The van der Waals surface area contributed by atoms with E-state index in [2.05, 4.69) is 20.2 Å². The van der Waals surface area contributed by atoms with E-state index in [1.54, 1.807) is 6.07 Å². The summed E-state index contributed by atoms with van der Waals surface area (Å²) in [6.07, 6.45) is 2.00. The van der Waals surface area contributed by atoms with Crippen LogP contribution in [-0.2, 0) is 6.54 Å². The van der Waals surface area contributed by atoms with Gasteiger partial charge in [-0.05, 0) is 49.1 Å². The Hall–Kier alpha value is -2.18. The first-order valence-corrected chi connectivity index (χ1v) is 9.70. The van der Waals surface area contributed by atoms with Crippen molar-refractivity contribution in [3.8, 4) is 0 Å². The molecule has 6 nitrogen and oxygen atoms in total. The first-order chi connectivity index (χ1) is 12.9. The van der Waals surface area contributed by atoms with Crippen LogP contribution < -0.4 is 11.1 Å². The van der Waals surface area contributed by atoms with Gasteiger partial charge in [0.15, 0.2) is 0 Å². The van der Waals surface area contributed by atoms with Crippen molar-refractivity contribution in [3.63, 3.8) is 0 Å². The van der Waals surface area contributed by atoms with Gasteiger partial charge in [0, 0.05) is 29.8 Å². The van der Waals surface area contributed by atoms with Crippen molar-refractivity contribution >= 4 is 23.5 Å². The lowest BCUT2D eigenvalue weighted by atomic mass is 10.0. The Morgan fingerprint density at radius 2 is 2.07 bits per heavy atom. The predicted octanol–water partition coefficient (Wildman–Crippen LogP) is 3.23. The maximum absolute atomic E-state index is 12.7. The summed E-state index contributed by atoms with van der Waals surface area (Å²) < 4.78 is 0. The van der Waals surface area contributed by atoms with Gasteiger partial charge in [-0.1, -0.05) is 37.6 Å². The van der Waals surface area contributed by atoms with E-state index < -0.39 is 0 Å². The Labute approximate surface area is 165 Å². The highest BCUT2D eigenvalue weighted by atomic mass is 35.5. The monoisotopic (exact) mass is 387 g/mol. The van der Waals surface area contributed by atoms with E-state index in [0.717, 1.165) is 43.2 Å². The first-order valence-electron chi connectivity index (χ1n) is 9.33. The molecular formula is C20H26ClN5O. The maximum Gasteiger partial charge on any atom is 0.270 e. The van der Waals surface area contributed by atoms with E-state index in [-0.39, 0.29) is 23.8 Å². The number of amides is 1. The number of nitrogens with one attached hydrogen (secondary N) is 1. The Bertz CT molecular complexity index is 793. The molecule has 3 rings (SSSR count). The quantitative estimate of drug-likeness (QED) is 0.822. The molecule has 27 heavy (non-hydrogen) atoms. The van der Waals surface area contributed by atoms with Gasteiger partial charge in [-0.3, -0.25) is 9.69 Å². The summed E-state index contributed by atoms with van der Waals surface area (Å²) in [6, 6.07) is 9.73. The lowest BCUT2D eigenvalue weighted by Crippen LogP contribution is -2.47. The molecule has 1 aliphatic rings. The molecule has 0 aliphatic carbocycles. The van der Waals surface area contributed by atoms with Crippen LogP contribution in [0.25, 0.3) is 0 Å². The lowest BCUT2D eigenvalue weighted by Gasteiger charge is -2.33. The van der Waals surface area contributed by atoms with E-state index in [4.69, 9.17) is 17.3 Å². The van der Waals surface area contributed by atoms with E-state index in [0.29, 0.717) is 5.69 Å². The number of hydrogen-bond donors (Lipinski definition) is 2. The van der Waals surface area contributed by atoms with Crippen LogP contribution in [0.3, 0.4) is 0 Å². The number of nitrogens with two attached hydrogens (primary N) is 1. The molecule has 0 saturated carbocycles. The zero-order valence-corrected chi connectivity index (χ0v) is 16.5. The van der Waals surface area contributed by atoms with Gasteiger partial charge in [0.1, 0.15) is 5.69 Å². The number of carbonyl (C=O) groups excluding carboxylic acids is 1. The van der Waals surface area contributed by atoms with Gasteiger partial charge in [0.2, 0.25) is 5.95 Å². The fraction of sp³-hybridized carbons (Fsp3) is 0.450. The standard InChI is InChI=1S/C20H26ClN5O/c1-13(2)17-10-18(25-20(22)24-17)19(27)23-16-4-3-9-26(12-16)11-14-5-7-15(21)8-6-14/h5-8,10,13,16H,3-4,9,11-12H2,1-2H3,(H,23,27)(H2,22,24,25)/t16-/m0/s1. The van der Waals surface area contributed by atoms with Gasteiger partial charge < -0.3 is 11.1 Å². The molecule has 1 saturated heterocycles. The molecule has 1 aromatic heterocycles. The Kier molecular flexibility index (Phi) is 6.29. The third kappa shape index (κ3) is 5.40. The highest BCUT2D eigenvalue weighted by Gasteiger charge is 2.23. The van der Waals surface area contributed by atoms with Gasteiger partial charge in [0.05, 0.1) is 0 Å². The topological polar surface area (TPSA) is 84.1 Å². The number of piperidine rings is 1. The maximum atomic E-state index is 12.7. The molecule has 144 valence electrons. The van der Waals surface area contributed by atoms with Crippen LogP contribution >= 0.6 is 11.6 Å². The highest BCUT2D eigenvalue weighted by Crippen LogP contribution is 2.17. The number of carbonyl (C=O) groups is 1. The summed E-state index contributed by atoms with van der Waals surface area (Å²) in [5.74, 6) is 0.134. The normalized spacial score (nSPS) is 17.9. The predicted molar refractivity (Wildman–Crippen MR) is 108 cm³/mol. The van der Waals surface area contributed by atoms with Crippen LogP contribution in [0.5, 0.6) is 0 Å². The summed E-state index contributed by atoms with van der Waals surface area (Å²) in [5, 5.41) is 3.85. The van der Waals surface area contributed by atoms with Gasteiger partial charge in [-0.25, -0.2) is 9.97 Å². The summed E-state index contributed by atoms with van der Waals surface area (Å²) in [6.45, 7) is 6.71. The molecule has 1 amide bonds. The fourth-order valence-corrected chi connectivity index (χ4v) is 3.45. The Morgan fingerprint density at radius 3 is 2.78 bits per heavy atom. The molecule has 0 spiro atoms. The molecule has 1 aromatic carbocycles. The molecule has 0 unspecified atom stereocenters. The van der Waals surface area contributed by atoms with E-state index in [9.17, 15) is 4.79 Å². The second kappa shape index (κ2) is 8.67. The largest absolute Gasteiger partial charge is 0.368 e. The average molecular weight is 388 g/mol. The van der Waals surface area contributed by atoms with Crippen LogP contribution in [0, 0.1) is 0 Å². The van der Waals surface area contributed by atoms with Gasteiger partial charge >= 0.3 is 0 Å². The molecule has 3 N–H and O–H groups in total. The number of nitrogens with zero attached hydrogens (tertiary/aromatic N) is 3. The molecule has 0 radical (unpaired) electrons. The van der Waals surface area contributed by atoms with Crippen molar-refractivity contribution < 1.29 is 4.79 Å². The minimum absolute atomic E-state index is 0.0947. The molecule has 1 aliphatic heterocycles. The van der Waals surface area contributed by atoms with Crippen LogP contribution in [0.4, 0.5) is 5.95 Å². The Balaban J connectivity index is 1.61. The lowest BCUT2D eigenvalue weighted by molar-refractivity contribution is 0.0895. The highest BCUT2D eigenvalue weighted by molar-refractivity contribution is 6.30. The number of aromatic nitrogens is 2. The third-order valence-corrected chi connectivity index (χ3v) is 5.00. The Morgan fingerprint density at radius 1 is 1.33 bits per heavy atom. The molecule has 2 heterocycles. The zero-order valence-electron chi connectivity index (χ0n) is 15.8. The van der Waals surface area contributed by atoms with Crippen molar-refractivity contribution in [2.75, 3.05) is 18.8 Å². The molecule has 0 bridgehead atoms. The van der Waals surface area contributed by atoms with Crippen LogP contribution in [-0.4, -0.2) is 39.9 Å². The number of benzene rings is 1. The van der Waals surface area contributed by atoms with Crippen LogP contribution in [0.2, 0.25) is 5.02 Å². The second-order valence-electron chi connectivity index (χ2n) is 7.37. The number of halogens is 1. The number of anilines is 1. The summed E-state index contributed by atoms with van der Waals surface area (Å²) in [5.41, 5.74) is 8.10. The smallest absolute Gasteiger partial charge is 0.270 e. The summed E-state index contributed by atoms with van der Waals surface area (Å²) >= 11 is 5.95. The second-order valence-corrected chi connectivity index (χ2v) is 7.80. The SMILES string of the molecule is CC(C)c1cc(C(=O)N[C@H]2CCCN(Cc3ccc(Cl)cc3)C2)nc(N)n1. The zero-order chi connectivity index (χ0) is 19.4. The van der Waals surface area contributed by atoms with Gasteiger partial charge in [-0.2, -0.15) is 0 Å². The molecule has 1 atom stereocenters. The van der Waals surface area contributed by atoms with Crippen LogP contribution in [0.15, 0.2) is 30.3 Å². The summed E-state index contributed by atoms with van der Waals surface area (Å²) in [4.78, 5) is 23.3. The molecular weight excluding hydrogens is 362 g/mol. The van der Waals surface area contributed by atoms with E-state index in [1.165, 1.54) is 5.56 Å².